The van der Waals surface area contributed by atoms with Gasteiger partial charge in [0.1, 0.15) is 24.2 Å². The molecule has 0 aromatic heterocycles. The summed E-state index contributed by atoms with van der Waals surface area (Å²) < 4.78 is 0. The fourth-order valence-corrected chi connectivity index (χ4v) is 16.2. The van der Waals surface area contributed by atoms with Crippen LogP contribution in [0.25, 0.3) is 0 Å². The number of nitrogens with zero attached hydrogens (tertiary/aromatic N) is 2. The smallest absolute Gasteiger partial charge is 0.246 e. The number of carbonyl (C=O) groups is 8. The van der Waals surface area contributed by atoms with Crippen LogP contribution in [0, 0.1) is 22.7 Å². The second-order valence-corrected chi connectivity index (χ2v) is 26.2. The van der Waals surface area contributed by atoms with Crippen molar-refractivity contribution in [3.63, 3.8) is 0 Å². The Bertz CT molecular complexity index is 2420. The first-order valence-electron chi connectivity index (χ1n) is 27.4. The number of hydrogen-bond donors (Lipinski definition) is 8. The van der Waals surface area contributed by atoms with E-state index >= 15 is 0 Å². The van der Waals surface area contributed by atoms with Crippen molar-refractivity contribution in [3.8, 4) is 0 Å². The Morgan fingerprint density at radius 2 is 0.895 bits per heavy atom. The number of thioether (sulfide) groups is 2. The highest BCUT2D eigenvalue weighted by molar-refractivity contribution is 8.00. The van der Waals surface area contributed by atoms with Crippen LogP contribution >= 0.6 is 23.5 Å². The fraction of sp³-hybridized carbons (Fsp3) is 0.643. The van der Waals surface area contributed by atoms with E-state index in [0.717, 1.165) is 22.3 Å². The second kappa shape index (κ2) is 22.7. The highest BCUT2D eigenvalue weighted by atomic mass is 32.2. The van der Waals surface area contributed by atoms with Crippen LogP contribution < -0.4 is 42.5 Å². The van der Waals surface area contributed by atoms with Crippen molar-refractivity contribution in [2.45, 2.75) is 177 Å². The molecule has 1 saturated carbocycles. The standard InChI is InChI=1S/C56H78N10O8S2/c1-29(57-7)47(67)61-39-21-23-75-41-27-55(3,4)45(65(41)53(39)73)51(71)63-43-35-15-11-9-13-31(35)25-37(43)49(69)59-33-17-19-34(20-18-33)60-50(70)38-26-32-14-10-12-16-36(32)44(38)64-52(72)46-56(5,6)28-42-66(46)54(74)40(22-24-76-42)62-48(68)30(2)58-8/h9-16,29-30,33-34,37-46,57-58H,17-28H2,1-8H3,(H,59,69)(H,60,70)(H,61,67)(H,62,68)(H,63,71)(H,64,72)/t29-,30-,33?,34?,37+,38?,39-,40-,41-,42-,43-,44-,45+,46+/m0/s1. The van der Waals surface area contributed by atoms with Gasteiger partial charge in [-0.25, -0.2) is 0 Å². The van der Waals surface area contributed by atoms with Gasteiger partial charge in [0.25, 0.3) is 0 Å². The van der Waals surface area contributed by atoms with Crippen molar-refractivity contribution in [1.29, 1.82) is 0 Å². The van der Waals surface area contributed by atoms with Gasteiger partial charge in [-0.2, -0.15) is 0 Å². The Morgan fingerprint density at radius 1 is 0.526 bits per heavy atom. The van der Waals surface area contributed by atoms with Gasteiger partial charge in [0, 0.05) is 12.1 Å². The van der Waals surface area contributed by atoms with E-state index in [1.165, 1.54) is 0 Å². The summed E-state index contributed by atoms with van der Waals surface area (Å²) in [7, 11) is 3.38. The highest BCUT2D eigenvalue weighted by Gasteiger charge is 2.57. The largest absolute Gasteiger partial charge is 0.353 e. The molecule has 2 aromatic carbocycles. The van der Waals surface area contributed by atoms with Gasteiger partial charge in [-0.15, -0.1) is 23.5 Å². The Hall–Kier alpha value is -5.18. The average molecular weight is 1080 g/mol. The third-order valence-corrected chi connectivity index (χ3v) is 20.0. The maximum Gasteiger partial charge on any atom is 0.246 e. The summed E-state index contributed by atoms with van der Waals surface area (Å²) in [6.45, 7) is 11.5. The topological polar surface area (TPSA) is 239 Å². The minimum atomic E-state index is -0.817. The van der Waals surface area contributed by atoms with Crippen molar-refractivity contribution in [1.82, 2.24) is 52.3 Å². The van der Waals surface area contributed by atoms with Crippen LogP contribution in [0.5, 0.6) is 0 Å². The third-order valence-electron chi connectivity index (χ3n) is 17.5. The molecule has 0 spiro atoms. The van der Waals surface area contributed by atoms with Crippen LogP contribution in [0.1, 0.15) is 127 Å². The normalized spacial score (nSPS) is 32.0. The molecule has 1 unspecified atom stereocenters. The number of amides is 8. The number of rotatable bonds is 14. The Labute approximate surface area is 455 Å². The summed E-state index contributed by atoms with van der Waals surface area (Å²) in [5, 5.41) is 24.4. The Morgan fingerprint density at radius 3 is 1.26 bits per heavy atom. The van der Waals surface area contributed by atoms with Gasteiger partial charge in [-0.3, -0.25) is 38.4 Å². The summed E-state index contributed by atoms with van der Waals surface area (Å²) in [6, 6.07) is 9.89. The molecule has 4 aliphatic heterocycles. The van der Waals surface area contributed by atoms with Gasteiger partial charge in [0.2, 0.25) is 47.3 Å². The lowest BCUT2D eigenvalue weighted by atomic mass is 9.83. The van der Waals surface area contributed by atoms with Crippen LogP contribution in [0.4, 0.5) is 0 Å². The third kappa shape index (κ3) is 11.1. The van der Waals surface area contributed by atoms with Crippen molar-refractivity contribution in [3.05, 3.63) is 70.8 Å². The quantitative estimate of drug-likeness (QED) is 0.136. The van der Waals surface area contributed by atoms with Gasteiger partial charge in [-0.1, -0.05) is 76.2 Å². The van der Waals surface area contributed by atoms with Crippen LogP contribution in [0.15, 0.2) is 48.5 Å². The van der Waals surface area contributed by atoms with Crippen molar-refractivity contribution >= 4 is 70.8 Å². The first-order valence-corrected chi connectivity index (χ1v) is 29.5. The van der Waals surface area contributed by atoms with Crippen LogP contribution in [0.2, 0.25) is 0 Å². The van der Waals surface area contributed by atoms with E-state index in [-0.39, 0.29) is 70.1 Å². The molecule has 2 aromatic rings. The highest BCUT2D eigenvalue weighted by Crippen LogP contribution is 2.49. The average Bonchev–Trinajstić information content (AvgIpc) is 4.06. The molecule has 5 fully saturated rings. The predicted octanol–water partition coefficient (Wildman–Crippen LogP) is 2.96. The molecule has 9 rings (SSSR count). The number of nitrogens with one attached hydrogen (secondary N) is 8. The maximum atomic E-state index is 14.7. The molecule has 76 heavy (non-hydrogen) atoms. The lowest BCUT2D eigenvalue weighted by Gasteiger charge is -2.36. The monoisotopic (exact) mass is 1080 g/mol. The molecule has 12 atom stereocenters. The van der Waals surface area contributed by atoms with E-state index in [2.05, 4.69) is 42.5 Å². The number of benzene rings is 2. The molecule has 8 N–H and O–H groups in total. The summed E-state index contributed by atoms with van der Waals surface area (Å²) in [6.07, 6.45) is 5.53. The predicted molar refractivity (Wildman–Crippen MR) is 292 cm³/mol. The zero-order valence-electron chi connectivity index (χ0n) is 45.2. The van der Waals surface area contributed by atoms with Gasteiger partial charge in [-0.05, 0) is 137 Å². The zero-order chi connectivity index (χ0) is 54.4. The summed E-state index contributed by atoms with van der Waals surface area (Å²) in [4.78, 5) is 116. The molecular formula is C56H78N10O8S2. The number of likely N-dealkylation sites (N-methyl/N-ethyl adjacent to an activating group) is 2. The molecule has 3 aliphatic carbocycles. The molecule has 4 heterocycles. The second-order valence-electron chi connectivity index (χ2n) is 23.6. The van der Waals surface area contributed by atoms with Crippen LogP contribution in [0.3, 0.4) is 0 Å². The zero-order valence-corrected chi connectivity index (χ0v) is 46.8. The maximum absolute atomic E-state index is 14.7. The molecule has 7 aliphatic rings. The van der Waals surface area contributed by atoms with Crippen LogP contribution in [-0.4, -0.2) is 142 Å². The van der Waals surface area contributed by atoms with Gasteiger partial charge < -0.3 is 52.3 Å². The lowest BCUT2D eigenvalue weighted by molar-refractivity contribution is -0.144. The van der Waals surface area contributed by atoms with E-state index < -0.39 is 71.0 Å². The SMILES string of the molecule is CN[C@@H](C)C(=O)N[C@H]1CCS[C@H]2CC(C)(C)[C@@H](C(=O)N[C@H]3c4ccccc4CC3C(=O)NC3CCC(NC(=O)[C@@H]4Cc5ccccc5[C@@H]4NC(=O)[C@H]4N5C(=O)[C@@H](NC(=O)[C@H](C)NC)CCS[C@H]5CC4(C)C)CC3)N2C1=O. The van der Waals surface area contributed by atoms with E-state index in [4.69, 9.17) is 0 Å². The Kier molecular flexibility index (Phi) is 16.6. The summed E-state index contributed by atoms with van der Waals surface area (Å²) >= 11 is 3.27. The van der Waals surface area contributed by atoms with E-state index in [9.17, 15) is 38.4 Å². The van der Waals surface area contributed by atoms with E-state index in [1.54, 1.807) is 61.3 Å². The minimum absolute atomic E-state index is 0.152. The molecule has 0 bridgehead atoms. The number of carbonyl (C=O) groups excluding carboxylic acids is 8. The fourth-order valence-electron chi connectivity index (χ4n) is 13.1. The first-order chi connectivity index (χ1) is 36.2. The minimum Gasteiger partial charge on any atom is -0.353 e. The van der Waals surface area contributed by atoms with Crippen molar-refractivity contribution in [2.24, 2.45) is 22.7 Å². The number of fused-ring (bicyclic) bond motifs is 4. The molecule has 20 heteroatoms. The molecular weight excluding hydrogens is 1000 g/mol. The Balaban J connectivity index is 0.830. The number of hydrogen-bond acceptors (Lipinski definition) is 12. The molecule has 18 nitrogen and oxygen atoms in total. The molecule has 0 radical (unpaired) electrons. The van der Waals surface area contributed by atoms with Crippen molar-refractivity contribution < 1.29 is 38.4 Å². The van der Waals surface area contributed by atoms with Gasteiger partial charge in [0.15, 0.2) is 0 Å². The molecule has 4 saturated heterocycles. The van der Waals surface area contributed by atoms with Gasteiger partial charge >= 0.3 is 0 Å². The van der Waals surface area contributed by atoms with E-state index in [0.29, 0.717) is 75.7 Å². The molecule has 412 valence electrons. The summed E-state index contributed by atoms with van der Waals surface area (Å²) in [5.41, 5.74) is 2.55. The summed E-state index contributed by atoms with van der Waals surface area (Å²) in [5.74, 6) is -1.93. The van der Waals surface area contributed by atoms with E-state index in [1.807, 2.05) is 76.2 Å². The first kappa shape index (κ1) is 55.6. The van der Waals surface area contributed by atoms with Crippen LogP contribution in [-0.2, 0) is 51.2 Å². The lowest BCUT2D eigenvalue weighted by Crippen LogP contribution is -2.58. The molecule has 8 amide bonds. The van der Waals surface area contributed by atoms with Gasteiger partial charge in [0.05, 0.1) is 46.8 Å². The van der Waals surface area contributed by atoms with Crippen molar-refractivity contribution in [2.75, 3.05) is 25.6 Å².